The van der Waals surface area contributed by atoms with Crippen LogP contribution in [-0.2, 0) is 0 Å². The Kier molecular flexibility index (Phi) is 5.22. The lowest BCUT2D eigenvalue weighted by molar-refractivity contribution is 0.0938. The van der Waals surface area contributed by atoms with Crippen LogP contribution in [0.3, 0.4) is 0 Å². The SMILES string of the molecule is CC(C)C(NC(=O)c1cccc(F)c1Br)C(N)=S. The summed E-state index contributed by atoms with van der Waals surface area (Å²) in [5, 5.41) is 2.70. The number of carbonyl (C=O) groups is 1. The number of carbonyl (C=O) groups excluding carboxylic acids is 1. The van der Waals surface area contributed by atoms with E-state index in [2.05, 4.69) is 21.2 Å². The number of hydrogen-bond acceptors (Lipinski definition) is 2. The predicted octanol–water partition coefficient (Wildman–Crippen LogP) is 2.63. The van der Waals surface area contributed by atoms with Gasteiger partial charge in [-0.05, 0) is 34.0 Å². The van der Waals surface area contributed by atoms with E-state index in [9.17, 15) is 9.18 Å². The third-order valence-electron chi connectivity index (χ3n) is 2.46. The third-order valence-corrected chi connectivity index (χ3v) is 3.52. The van der Waals surface area contributed by atoms with E-state index in [0.717, 1.165) is 0 Å². The van der Waals surface area contributed by atoms with Crippen molar-refractivity contribution in [3.63, 3.8) is 0 Å². The number of amides is 1. The van der Waals surface area contributed by atoms with E-state index in [1.54, 1.807) is 0 Å². The van der Waals surface area contributed by atoms with Gasteiger partial charge in [-0.3, -0.25) is 4.79 Å². The van der Waals surface area contributed by atoms with Crippen LogP contribution < -0.4 is 11.1 Å². The summed E-state index contributed by atoms with van der Waals surface area (Å²) in [7, 11) is 0. The highest BCUT2D eigenvalue weighted by molar-refractivity contribution is 9.10. The van der Waals surface area contributed by atoms with Gasteiger partial charge in [-0.25, -0.2) is 4.39 Å². The van der Waals surface area contributed by atoms with E-state index in [0.29, 0.717) is 0 Å². The molecule has 0 spiro atoms. The lowest BCUT2D eigenvalue weighted by Crippen LogP contribution is -2.46. The van der Waals surface area contributed by atoms with E-state index in [-0.39, 0.29) is 20.9 Å². The Hall–Kier alpha value is -1.01. The van der Waals surface area contributed by atoms with E-state index in [1.165, 1.54) is 18.2 Å². The zero-order valence-corrected chi connectivity index (χ0v) is 12.4. The van der Waals surface area contributed by atoms with Crippen molar-refractivity contribution in [3.8, 4) is 0 Å². The molecule has 0 aliphatic rings. The van der Waals surface area contributed by atoms with Crippen LogP contribution in [0, 0.1) is 11.7 Å². The van der Waals surface area contributed by atoms with E-state index in [1.807, 2.05) is 13.8 Å². The topological polar surface area (TPSA) is 55.1 Å². The summed E-state index contributed by atoms with van der Waals surface area (Å²) >= 11 is 7.94. The first-order valence-corrected chi connectivity index (χ1v) is 6.59. The van der Waals surface area contributed by atoms with Crippen molar-refractivity contribution in [2.24, 2.45) is 11.7 Å². The van der Waals surface area contributed by atoms with Crippen LogP contribution in [0.15, 0.2) is 22.7 Å². The number of benzene rings is 1. The molecule has 1 unspecified atom stereocenters. The Bertz CT molecular complexity index is 479. The first-order valence-electron chi connectivity index (χ1n) is 5.38. The molecule has 0 radical (unpaired) electrons. The summed E-state index contributed by atoms with van der Waals surface area (Å²) in [5.41, 5.74) is 5.78. The maximum atomic E-state index is 13.3. The quantitative estimate of drug-likeness (QED) is 0.833. The van der Waals surface area contributed by atoms with Gasteiger partial charge in [0.25, 0.3) is 5.91 Å². The van der Waals surface area contributed by atoms with Crippen LogP contribution in [0.5, 0.6) is 0 Å². The van der Waals surface area contributed by atoms with Gasteiger partial charge in [-0.15, -0.1) is 0 Å². The molecule has 6 heteroatoms. The first-order chi connectivity index (χ1) is 8.34. The summed E-state index contributed by atoms with van der Waals surface area (Å²) in [6, 6.07) is 3.86. The highest BCUT2D eigenvalue weighted by Crippen LogP contribution is 2.20. The molecule has 1 amide bonds. The normalized spacial score (nSPS) is 12.3. The Balaban J connectivity index is 2.94. The molecule has 1 rings (SSSR count). The van der Waals surface area contributed by atoms with Crippen LogP contribution in [0.4, 0.5) is 4.39 Å². The molecule has 0 aliphatic heterocycles. The van der Waals surface area contributed by atoms with Crippen molar-refractivity contribution in [2.75, 3.05) is 0 Å². The second-order valence-electron chi connectivity index (χ2n) is 4.20. The first kappa shape index (κ1) is 15.0. The summed E-state index contributed by atoms with van der Waals surface area (Å²) in [5.74, 6) is -0.828. The van der Waals surface area contributed by atoms with Crippen LogP contribution in [-0.4, -0.2) is 16.9 Å². The second-order valence-corrected chi connectivity index (χ2v) is 5.46. The van der Waals surface area contributed by atoms with E-state index >= 15 is 0 Å². The van der Waals surface area contributed by atoms with Gasteiger partial charge in [0.1, 0.15) is 5.82 Å². The number of nitrogens with two attached hydrogens (primary N) is 1. The molecule has 0 fully saturated rings. The lowest BCUT2D eigenvalue weighted by atomic mass is 10.0. The van der Waals surface area contributed by atoms with Crippen LogP contribution >= 0.6 is 28.1 Å². The average molecular weight is 333 g/mol. The molecule has 3 N–H and O–H groups in total. The smallest absolute Gasteiger partial charge is 0.253 e. The highest BCUT2D eigenvalue weighted by Gasteiger charge is 2.21. The minimum Gasteiger partial charge on any atom is -0.392 e. The predicted molar refractivity (Wildman–Crippen MR) is 77.0 cm³/mol. The van der Waals surface area contributed by atoms with Crippen molar-refractivity contribution in [2.45, 2.75) is 19.9 Å². The van der Waals surface area contributed by atoms with Crippen LogP contribution in [0.25, 0.3) is 0 Å². The molecule has 1 atom stereocenters. The maximum Gasteiger partial charge on any atom is 0.253 e. The molecule has 18 heavy (non-hydrogen) atoms. The Morgan fingerprint density at radius 2 is 2.11 bits per heavy atom. The van der Waals surface area contributed by atoms with Gasteiger partial charge >= 0.3 is 0 Å². The van der Waals surface area contributed by atoms with Crippen molar-refractivity contribution in [1.29, 1.82) is 0 Å². The van der Waals surface area contributed by atoms with Gasteiger partial charge in [0.15, 0.2) is 0 Å². The highest BCUT2D eigenvalue weighted by atomic mass is 79.9. The molecule has 0 saturated heterocycles. The number of rotatable bonds is 4. The van der Waals surface area contributed by atoms with E-state index < -0.39 is 17.8 Å². The molecule has 98 valence electrons. The second kappa shape index (κ2) is 6.24. The molecule has 1 aromatic carbocycles. The number of halogens is 2. The van der Waals surface area contributed by atoms with Crippen LogP contribution in [0.1, 0.15) is 24.2 Å². The average Bonchev–Trinajstić information content (AvgIpc) is 2.28. The number of nitrogens with one attached hydrogen (secondary N) is 1. The van der Waals surface area contributed by atoms with Gasteiger partial charge in [0.2, 0.25) is 0 Å². The maximum absolute atomic E-state index is 13.3. The minimum absolute atomic E-state index is 0.0683. The number of thiocarbonyl (C=S) groups is 1. The molecular formula is C12H14BrFN2OS. The van der Waals surface area contributed by atoms with Gasteiger partial charge in [-0.2, -0.15) is 0 Å². The monoisotopic (exact) mass is 332 g/mol. The largest absolute Gasteiger partial charge is 0.392 e. The zero-order chi connectivity index (χ0) is 13.9. The van der Waals surface area contributed by atoms with Gasteiger partial charge in [-0.1, -0.05) is 32.1 Å². The fourth-order valence-corrected chi connectivity index (χ4v) is 2.24. The van der Waals surface area contributed by atoms with Crippen molar-refractivity contribution >= 4 is 39.0 Å². The minimum atomic E-state index is -0.487. The number of hydrogen-bond donors (Lipinski definition) is 2. The Morgan fingerprint density at radius 1 is 1.50 bits per heavy atom. The molecule has 0 aromatic heterocycles. The summed E-state index contributed by atoms with van der Waals surface area (Å²) in [6.45, 7) is 3.79. The summed E-state index contributed by atoms with van der Waals surface area (Å²) in [4.78, 5) is 12.2. The summed E-state index contributed by atoms with van der Waals surface area (Å²) < 4.78 is 13.4. The lowest BCUT2D eigenvalue weighted by Gasteiger charge is -2.21. The molecule has 1 aromatic rings. The third kappa shape index (κ3) is 3.49. The zero-order valence-electron chi connectivity index (χ0n) is 10.0. The van der Waals surface area contributed by atoms with Gasteiger partial charge in [0, 0.05) is 0 Å². The Morgan fingerprint density at radius 3 is 2.61 bits per heavy atom. The fourth-order valence-electron chi connectivity index (χ4n) is 1.46. The van der Waals surface area contributed by atoms with Crippen molar-refractivity contribution in [3.05, 3.63) is 34.1 Å². The van der Waals surface area contributed by atoms with Gasteiger partial charge < -0.3 is 11.1 Å². The van der Waals surface area contributed by atoms with E-state index in [4.69, 9.17) is 18.0 Å². The van der Waals surface area contributed by atoms with Crippen molar-refractivity contribution < 1.29 is 9.18 Å². The summed E-state index contributed by atoms with van der Waals surface area (Å²) in [6.07, 6.45) is 0. The molecule has 0 bridgehead atoms. The Labute approximate surface area is 119 Å². The van der Waals surface area contributed by atoms with Crippen molar-refractivity contribution in [1.82, 2.24) is 5.32 Å². The molecular weight excluding hydrogens is 319 g/mol. The molecule has 0 aliphatic carbocycles. The molecule has 0 heterocycles. The molecule has 0 saturated carbocycles. The fraction of sp³-hybridized carbons (Fsp3) is 0.333. The van der Waals surface area contributed by atoms with Gasteiger partial charge in [0.05, 0.1) is 21.1 Å². The van der Waals surface area contributed by atoms with Crippen LogP contribution in [0.2, 0.25) is 0 Å². The standard InChI is InChI=1S/C12H14BrFN2OS/c1-6(2)10(11(15)18)16-12(17)7-4-3-5-8(14)9(7)13/h3-6,10H,1-2H3,(H2,15,18)(H,16,17). The molecule has 3 nitrogen and oxygen atoms in total.